The van der Waals surface area contributed by atoms with Crippen molar-refractivity contribution in [3.8, 4) is 0 Å². The molecule has 0 bridgehead atoms. The molecule has 4 nitrogen and oxygen atoms in total. The second-order valence-corrected chi connectivity index (χ2v) is 8.18. The number of nitrogens with zero attached hydrogens (tertiary/aromatic N) is 1. The molecule has 1 aromatic carbocycles. The zero-order valence-electron chi connectivity index (χ0n) is 13.5. The summed E-state index contributed by atoms with van der Waals surface area (Å²) in [5.74, 6) is 0.198. The molecule has 0 aliphatic carbocycles. The van der Waals surface area contributed by atoms with Crippen LogP contribution in [-0.2, 0) is 16.6 Å². The van der Waals surface area contributed by atoms with Crippen LogP contribution in [0.4, 0.5) is 4.39 Å². The summed E-state index contributed by atoms with van der Waals surface area (Å²) < 4.78 is 39.0. The minimum absolute atomic E-state index is 0.121. The molecule has 1 heterocycles. The van der Waals surface area contributed by atoms with Gasteiger partial charge in [-0.2, -0.15) is 0 Å². The topological polar surface area (TPSA) is 49.4 Å². The molecule has 1 N–H and O–H groups in total. The summed E-state index contributed by atoms with van der Waals surface area (Å²) in [5, 5.41) is 0. The smallest absolute Gasteiger partial charge is 0.208 e. The standard InChI is InChI=1S/C16H25FN2O2S/c1-12-6-7-15(13(2)16(12)17)11-19-8-4-5-14(10-19)9-18-22(3,20)21/h6-7,14,18H,4-5,8-11H2,1-3H3/t14-/m0/s1. The molecule has 2 rings (SSSR count). The summed E-state index contributed by atoms with van der Waals surface area (Å²) in [6.07, 6.45) is 3.26. The zero-order valence-corrected chi connectivity index (χ0v) is 14.3. The minimum atomic E-state index is -3.14. The Morgan fingerprint density at radius 2 is 2.09 bits per heavy atom. The van der Waals surface area contributed by atoms with Gasteiger partial charge in [0.2, 0.25) is 10.0 Å². The molecule has 0 saturated carbocycles. The number of piperidine rings is 1. The van der Waals surface area contributed by atoms with E-state index >= 15 is 0 Å². The van der Waals surface area contributed by atoms with Crippen molar-refractivity contribution in [2.75, 3.05) is 25.9 Å². The molecule has 1 aliphatic heterocycles. The third-order valence-corrected chi connectivity index (χ3v) is 5.01. The van der Waals surface area contributed by atoms with E-state index in [9.17, 15) is 12.8 Å². The van der Waals surface area contributed by atoms with Crippen LogP contribution in [0.3, 0.4) is 0 Å². The van der Waals surface area contributed by atoms with E-state index in [-0.39, 0.29) is 5.82 Å². The molecule has 0 radical (unpaired) electrons. The number of rotatable bonds is 5. The molecule has 22 heavy (non-hydrogen) atoms. The zero-order chi connectivity index (χ0) is 16.3. The second-order valence-electron chi connectivity index (χ2n) is 6.34. The quantitative estimate of drug-likeness (QED) is 0.901. The van der Waals surface area contributed by atoms with Crippen molar-refractivity contribution >= 4 is 10.0 Å². The maximum Gasteiger partial charge on any atom is 0.208 e. The lowest BCUT2D eigenvalue weighted by atomic mass is 9.97. The van der Waals surface area contributed by atoms with Gasteiger partial charge in [0, 0.05) is 19.6 Å². The Hall–Kier alpha value is -0.980. The van der Waals surface area contributed by atoms with Crippen molar-refractivity contribution in [2.24, 2.45) is 5.92 Å². The first-order chi connectivity index (χ1) is 10.3. The minimum Gasteiger partial charge on any atom is -0.299 e. The predicted octanol–water partition coefficient (Wildman–Crippen LogP) is 2.20. The number of benzene rings is 1. The van der Waals surface area contributed by atoms with Crippen LogP contribution in [0.5, 0.6) is 0 Å². The van der Waals surface area contributed by atoms with Crippen LogP contribution in [0.2, 0.25) is 0 Å². The van der Waals surface area contributed by atoms with Gasteiger partial charge in [0.15, 0.2) is 0 Å². The van der Waals surface area contributed by atoms with Crippen molar-refractivity contribution in [3.63, 3.8) is 0 Å². The molecule has 0 spiro atoms. The van der Waals surface area contributed by atoms with Crippen LogP contribution in [0.15, 0.2) is 12.1 Å². The van der Waals surface area contributed by atoms with Crippen LogP contribution < -0.4 is 4.72 Å². The Bertz CT molecular complexity index is 631. The van der Waals surface area contributed by atoms with Crippen molar-refractivity contribution in [3.05, 3.63) is 34.6 Å². The highest BCUT2D eigenvalue weighted by atomic mass is 32.2. The van der Waals surface area contributed by atoms with Crippen LogP contribution >= 0.6 is 0 Å². The SMILES string of the molecule is Cc1ccc(CN2CCC[C@@H](CNS(C)(=O)=O)C2)c(C)c1F. The summed E-state index contributed by atoms with van der Waals surface area (Å²) in [6, 6.07) is 3.82. The summed E-state index contributed by atoms with van der Waals surface area (Å²) in [5.41, 5.74) is 2.41. The van der Waals surface area contributed by atoms with E-state index in [1.165, 1.54) is 6.26 Å². The number of aryl methyl sites for hydroxylation is 1. The van der Waals surface area contributed by atoms with Gasteiger partial charge in [-0.05, 0) is 55.8 Å². The number of halogens is 1. The average Bonchev–Trinajstić information content (AvgIpc) is 2.46. The number of likely N-dealkylation sites (tertiary alicyclic amines) is 1. The second kappa shape index (κ2) is 7.06. The molecule has 1 aliphatic rings. The number of hydrogen-bond donors (Lipinski definition) is 1. The Labute approximate surface area is 132 Å². The molecule has 1 fully saturated rings. The predicted molar refractivity (Wildman–Crippen MR) is 86.7 cm³/mol. The van der Waals surface area contributed by atoms with Crippen LogP contribution in [0.25, 0.3) is 0 Å². The first-order valence-corrected chi connectivity index (χ1v) is 9.57. The van der Waals surface area contributed by atoms with Crippen molar-refractivity contribution in [2.45, 2.75) is 33.2 Å². The monoisotopic (exact) mass is 328 g/mol. The summed E-state index contributed by atoms with van der Waals surface area (Å²) in [7, 11) is -3.14. The van der Waals surface area contributed by atoms with Gasteiger partial charge in [-0.25, -0.2) is 17.5 Å². The van der Waals surface area contributed by atoms with Gasteiger partial charge in [0.05, 0.1) is 6.26 Å². The Balaban J connectivity index is 1.97. The Morgan fingerprint density at radius 3 is 2.77 bits per heavy atom. The summed E-state index contributed by atoms with van der Waals surface area (Å²) >= 11 is 0. The van der Waals surface area contributed by atoms with E-state index in [1.54, 1.807) is 6.92 Å². The van der Waals surface area contributed by atoms with Gasteiger partial charge >= 0.3 is 0 Å². The van der Waals surface area contributed by atoms with Crippen LogP contribution in [-0.4, -0.2) is 39.2 Å². The summed E-state index contributed by atoms with van der Waals surface area (Å²) in [4.78, 5) is 2.29. The molecule has 0 amide bonds. The molecule has 0 unspecified atom stereocenters. The first kappa shape index (κ1) is 17.4. The van der Waals surface area contributed by atoms with Crippen LogP contribution in [0.1, 0.15) is 29.5 Å². The lowest BCUT2D eigenvalue weighted by molar-refractivity contribution is 0.168. The molecule has 0 aromatic heterocycles. The van der Waals surface area contributed by atoms with Crippen LogP contribution in [0, 0.1) is 25.6 Å². The third-order valence-electron chi connectivity index (χ3n) is 4.32. The fraction of sp³-hybridized carbons (Fsp3) is 0.625. The molecule has 1 aromatic rings. The fourth-order valence-electron chi connectivity index (χ4n) is 3.00. The highest BCUT2D eigenvalue weighted by molar-refractivity contribution is 7.88. The van der Waals surface area contributed by atoms with Gasteiger partial charge in [-0.3, -0.25) is 4.90 Å². The highest BCUT2D eigenvalue weighted by Crippen LogP contribution is 2.22. The van der Waals surface area contributed by atoms with Gasteiger partial charge in [0.1, 0.15) is 5.82 Å². The first-order valence-electron chi connectivity index (χ1n) is 7.68. The van der Waals surface area contributed by atoms with Gasteiger partial charge in [-0.15, -0.1) is 0 Å². The summed E-state index contributed by atoms with van der Waals surface area (Å²) in [6.45, 7) is 6.63. The lowest BCUT2D eigenvalue weighted by Gasteiger charge is -2.33. The van der Waals surface area contributed by atoms with Crippen molar-refractivity contribution in [1.82, 2.24) is 9.62 Å². The molecule has 1 atom stereocenters. The van der Waals surface area contributed by atoms with Gasteiger partial charge in [-0.1, -0.05) is 12.1 Å². The molecule has 1 saturated heterocycles. The number of sulfonamides is 1. The highest BCUT2D eigenvalue weighted by Gasteiger charge is 2.21. The Kier molecular flexibility index (Phi) is 5.58. The van der Waals surface area contributed by atoms with E-state index < -0.39 is 10.0 Å². The van der Waals surface area contributed by atoms with Crippen molar-refractivity contribution in [1.29, 1.82) is 0 Å². The largest absolute Gasteiger partial charge is 0.299 e. The molecule has 6 heteroatoms. The van der Waals surface area contributed by atoms with E-state index in [4.69, 9.17) is 0 Å². The van der Waals surface area contributed by atoms with E-state index in [2.05, 4.69) is 9.62 Å². The normalized spacial score (nSPS) is 20.3. The maximum atomic E-state index is 14.0. The number of nitrogens with one attached hydrogen (secondary N) is 1. The number of hydrogen-bond acceptors (Lipinski definition) is 3. The Morgan fingerprint density at radius 1 is 1.36 bits per heavy atom. The molecule has 124 valence electrons. The van der Waals surface area contributed by atoms with Gasteiger partial charge < -0.3 is 0 Å². The average molecular weight is 328 g/mol. The van der Waals surface area contributed by atoms with Crippen molar-refractivity contribution < 1.29 is 12.8 Å². The fourth-order valence-corrected chi connectivity index (χ4v) is 3.54. The van der Waals surface area contributed by atoms with E-state index in [0.717, 1.165) is 43.6 Å². The van der Waals surface area contributed by atoms with E-state index in [0.29, 0.717) is 18.0 Å². The maximum absolute atomic E-state index is 14.0. The lowest BCUT2D eigenvalue weighted by Crippen LogP contribution is -2.40. The molecular weight excluding hydrogens is 303 g/mol. The molecular formula is C16H25FN2O2S. The van der Waals surface area contributed by atoms with Gasteiger partial charge in [0.25, 0.3) is 0 Å². The third kappa shape index (κ3) is 4.76. The van der Waals surface area contributed by atoms with E-state index in [1.807, 2.05) is 19.1 Å².